The largest absolute Gasteiger partial charge is 0.469 e. The Morgan fingerprint density at radius 2 is 2.12 bits per heavy atom. The Bertz CT molecular complexity index is 405. The van der Waals surface area contributed by atoms with E-state index in [-0.39, 0.29) is 6.42 Å². The molecule has 2 atom stereocenters. The summed E-state index contributed by atoms with van der Waals surface area (Å²) in [4.78, 5) is 11.0. The van der Waals surface area contributed by atoms with Gasteiger partial charge in [-0.1, -0.05) is 22.0 Å². The maximum Gasteiger partial charge on any atom is 0.308 e. The van der Waals surface area contributed by atoms with E-state index >= 15 is 0 Å². The molecule has 0 aliphatic heterocycles. The van der Waals surface area contributed by atoms with Gasteiger partial charge in [0.25, 0.3) is 0 Å². The zero-order valence-corrected chi connectivity index (χ0v) is 11.3. The van der Waals surface area contributed by atoms with Crippen LogP contribution >= 0.6 is 15.9 Å². The first-order valence-corrected chi connectivity index (χ1v) is 5.94. The van der Waals surface area contributed by atoms with Crippen molar-refractivity contribution in [1.82, 2.24) is 0 Å². The van der Waals surface area contributed by atoms with Crippen molar-refractivity contribution in [2.75, 3.05) is 7.11 Å². The lowest BCUT2D eigenvalue weighted by Crippen LogP contribution is -2.23. The van der Waals surface area contributed by atoms with Gasteiger partial charge in [-0.3, -0.25) is 4.79 Å². The lowest BCUT2D eigenvalue weighted by molar-refractivity contribution is -0.144. The Morgan fingerprint density at radius 3 is 2.65 bits per heavy atom. The highest BCUT2D eigenvalue weighted by molar-refractivity contribution is 9.10. The number of rotatable bonds is 4. The summed E-state index contributed by atoms with van der Waals surface area (Å²) in [6.07, 6.45) is -2.49. The molecular formula is C12H15BrO4. The van der Waals surface area contributed by atoms with Crippen molar-refractivity contribution in [3.63, 3.8) is 0 Å². The van der Waals surface area contributed by atoms with Crippen molar-refractivity contribution >= 4 is 21.9 Å². The number of esters is 1. The second-order valence-electron chi connectivity index (χ2n) is 3.79. The van der Waals surface area contributed by atoms with Gasteiger partial charge < -0.3 is 14.9 Å². The lowest BCUT2D eigenvalue weighted by Gasteiger charge is -2.19. The number of aliphatic hydroxyl groups excluding tert-OH is 2. The smallest absolute Gasteiger partial charge is 0.308 e. The average molecular weight is 303 g/mol. The Kier molecular flexibility index (Phi) is 5.11. The van der Waals surface area contributed by atoms with Crippen LogP contribution in [0.4, 0.5) is 0 Å². The molecule has 1 aromatic rings. The molecular weight excluding hydrogens is 288 g/mol. The fourth-order valence-electron chi connectivity index (χ4n) is 1.54. The van der Waals surface area contributed by atoms with E-state index in [0.717, 1.165) is 10.0 Å². The van der Waals surface area contributed by atoms with Crippen LogP contribution in [0, 0.1) is 6.92 Å². The van der Waals surface area contributed by atoms with Crippen molar-refractivity contribution in [1.29, 1.82) is 0 Å². The summed E-state index contributed by atoms with van der Waals surface area (Å²) in [5.74, 6) is -0.550. The van der Waals surface area contributed by atoms with Gasteiger partial charge in [0.2, 0.25) is 0 Å². The number of halogens is 1. The number of hydrogen-bond donors (Lipinski definition) is 2. The van der Waals surface area contributed by atoms with Gasteiger partial charge in [-0.25, -0.2) is 0 Å². The van der Waals surface area contributed by atoms with E-state index in [4.69, 9.17) is 0 Å². The monoisotopic (exact) mass is 302 g/mol. The fourth-order valence-corrected chi connectivity index (χ4v) is 2.02. The summed E-state index contributed by atoms with van der Waals surface area (Å²) >= 11 is 3.32. The number of aryl methyl sites for hydroxylation is 1. The number of methoxy groups -OCH3 is 1. The second-order valence-corrected chi connectivity index (χ2v) is 4.71. The van der Waals surface area contributed by atoms with E-state index in [9.17, 15) is 15.0 Å². The van der Waals surface area contributed by atoms with E-state index < -0.39 is 18.2 Å². The molecule has 5 heteroatoms. The zero-order chi connectivity index (χ0) is 13.0. The van der Waals surface area contributed by atoms with Crippen LogP contribution in [0.3, 0.4) is 0 Å². The molecule has 2 N–H and O–H groups in total. The number of benzene rings is 1. The van der Waals surface area contributed by atoms with Gasteiger partial charge in [0.05, 0.1) is 19.6 Å². The molecule has 0 aliphatic carbocycles. The van der Waals surface area contributed by atoms with Crippen molar-refractivity contribution in [3.05, 3.63) is 33.8 Å². The van der Waals surface area contributed by atoms with E-state index in [1.807, 2.05) is 13.0 Å². The average Bonchev–Trinajstić information content (AvgIpc) is 2.28. The summed E-state index contributed by atoms with van der Waals surface area (Å²) in [6, 6.07) is 5.32. The second kappa shape index (κ2) is 6.14. The third-order valence-electron chi connectivity index (χ3n) is 2.52. The van der Waals surface area contributed by atoms with E-state index in [1.165, 1.54) is 7.11 Å². The van der Waals surface area contributed by atoms with E-state index in [2.05, 4.69) is 20.7 Å². The lowest BCUT2D eigenvalue weighted by atomic mass is 9.98. The molecule has 1 rings (SSSR count). The third-order valence-corrected chi connectivity index (χ3v) is 3.01. The van der Waals surface area contributed by atoms with Gasteiger partial charge in [-0.2, -0.15) is 0 Å². The van der Waals surface area contributed by atoms with Crippen LogP contribution in [-0.2, 0) is 9.53 Å². The Labute approximate surface area is 108 Å². The first-order valence-electron chi connectivity index (χ1n) is 5.14. The number of carbonyl (C=O) groups is 1. The molecule has 0 aliphatic rings. The number of hydrogen-bond acceptors (Lipinski definition) is 4. The van der Waals surface area contributed by atoms with E-state index in [0.29, 0.717) is 5.56 Å². The predicted octanol–water partition coefficient (Wildman–Crippen LogP) is 1.71. The summed E-state index contributed by atoms with van der Waals surface area (Å²) in [7, 11) is 1.24. The molecule has 17 heavy (non-hydrogen) atoms. The standard InChI is InChI=1S/C12H15BrO4/c1-7-5-8(13)3-4-9(7)12(16)10(14)6-11(15)17-2/h3-5,10,12,14,16H,6H2,1-2H3. The molecule has 4 nitrogen and oxygen atoms in total. The van der Waals surface area contributed by atoms with Crippen LogP contribution < -0.4 is 0 Å². The molecule has 0 saturated carbocycles. The molecule has 94 valence electrons. The van der Waals surface area contributed by atoms with Crippen LogP contribution in [-0.4, -0.2) is 29.4 Å². The molecule has 0 amide bonds. The van der Waals surface area contributed by atoms with Crippen LogP contribution in [0.2, 0.25) is 0 Å². The highest BCUT2D eigenvalue weighted by atomic mass is 79.9. The van der Waals surface area contributed by atoms with Crippen molar-refractivity contribution < 1.29 is 19.7 Å². The highest BCUT2D eigenvalue weighted by Gasteiger charge is 2.23. The molecule has 0 fully saturated rings. The minimum Gasteiger partial charge on any atom is -0.469 e. The molecule has 0 saturated heterocycles. The SMILES string of the molecule is COC(=O)CC(O)C(O)c1ccc(Br)cc1C. The summed E-state index contributed by atoms with van der Waals surface area (Å²) in [5, 5.41) is 19.6. The van der Waals surface area contributed by atoms with Gasteiger partial charge in [0.1, 0.15) is 6.10 Å². The van der Waals surface area contributed by atoms with Gasteiger partial charge in [-0.05, 0) is 30.2 Å². The minimum atomic E-state index is -1.16. The number of carbonyl (C=O) groups excluding carboxylic acids is 1. The van der Waals surface area contributed by atoms with Crippen molar-refractivity contribution in [2.24, 2.45) is 0 Å². The van der Waals surface area contributed by atoms with Gasteiger partial charge in [0.15, 0.2) is 0 Å². The molecule has 0 spiro atoms. The molecule has 2 unspecified atom stereocenters. The van der Waals surface area contributed by atoms with Crippen molar-refractivity contribution in [3.8, 4) is 0 Å². The number of aliphatic hydroxyl groups is 2. The fraction of sp³-hybridized carbons (Fsp3) is 0.417. The quantitative estimate of drug-likeness (QED) is 0.831. The van der Waals surface area contributed by atoms with Gasteiger partial charge in [-0.15, -0.1) is 0 Å². The molecule has 0 heterocycles. The Balaban J connectivity index is 2.81. The maximum absolute atomic E-state index is 11.0. The van der Waals surface area contributed by atoms with Crippen LogP contribution in [0.25, 0.3) is 0 Å². The van der Waals surface area contributed by atoms with Gasteiger partial charge >= 0.3 is 5.97 Å². The Morgan fingerprint density at radius 1 is 1.47 bits per heavy atom. The normalized spacial score (nSPS) is 14.2. The first kappa shape index (κ1) is 14.2. The summed E-state index contributed by atoms with van der Waals surface area (Å²) in [5.41, 5.74) is 1.44. The topological polar surface area (TPSA) is 66.8 Å². The summed E-state index contributed by atoms with van der Waals surface area (Å²) < 4.78 is 5.34. The maximum atomic E-state index is 11.0. The first-order chi connectivity index (χ1) is 7.95. The molecule has 0 aromatic heterocycles. The zero-order valence-electron chi connectivity index (χ0n) is 9.68. The van der Waals surface area contributed by atoms with Gasteiger partial charge in [0, 0.05) is 4.47 Å². The van der Waals surface area contributed by atoms with Crippen LogP contribution in [0.1, 0.15) is 23.7 Å². The minimum absolute atomic E-state index is 0.229. The molecule has 0 radical (unpaired) electrons. The van der Waals surface area contributed by atoms with E-state index in [1.54, 1.807) is 12.1 Å². The summed E-state index contributed by atoms with van der Waals surface area (Å²) in [6.45, 7) is 1.83. The highest BCUT2D eigenvalue weighted by Crippen LogP contribution is 2.25. The predicted molar refractivity (Wildman–Crippen MR) is 66.5 cm³/mol. The Hall–Kier alpha value is -0.910. The third kappa shape index (κ3) is 3.80. The van der Waals surface area contributed by atoms with Crippen molar-refractivity contribution in [2.45, 2.75) is 25.6 Å². The van der Waals surface area contributed by atoms with Crippen LogP contribution in [0.15, 0.2) is 22.7 Å². The molecule has 0 bridgehead atoms. The molecule has 1 aromatic carbocycles. The number of ether oxygens (including phenoxy) is 1. The van der Waals surface area contributed by atoms with Crippen LogP contribution in [0.5, 0.6) is 0 Å².